The van der Waals surface area contributed by atoms with E-state index >= 15 is 0 Å². The summed E-state index contributed by atoms with van der Waals surface area (Å²) in [6.45, 7) is 9.45. The van der Waals surface area contributed by atoms with Crippen LogP contribution in [0.5, 0.6) is 5.88 Å². The summed E-state index contributed by atoms with van der Waals surface area (Å²) >= 11 is 6.85. The zero-order chi connectivity index (χ0) is 22.1. The number of aromatic nitrogens is 4. The van der Waals surface area contributed by atoms with Gasteiger partial charge in [-0.3, -0.25) is 0 Å². The van der Waals surface area contributed by atoms with Gasteiger partial charge in [-0.15, -0.1) is 0 Å². The van der Waals surface area contributed by atoms with Crippen LogP contribution in [0.1, 0.15) is 43.8 Å². The van der Waals surface area contributed by atoms with Crippen LogP contribution in [0.2, 0.25) is 5.02 Å². The summed E-state index contributed by atoms with van der Waals surface area (Å²) in [6.07, 6.45) is 4.78. The van der Waals surface area contributed by atoms with E-state index in [0.29, 0.717) is 5.02 Å². The first-order chi connectivity index (χ1) is 14.9. The average molecular weight is 444 g/mol. The quantitative estimate of drug-likeness (QED) is 0.572. The molecule has 1 aliphatic rings. The normalized spacial score (nSPS) is 17.8. The van der Waals surface area contributed by atoms with E-state index in [-0.39, 0.29) is 12.3 Å². The van der Waals surface area contributed by atoms with Gasteiger partial charge in [0.1, 0.15) is 6.10 Å². The second kappa shape index (κ2) is 9.02. The molecule has 166 valence electrons. The van der Waals surface area contributed by atoms with Gasteiger partial charge >= 0.3 is 0 Å². The molecule has 7 nitrogen and oxygen atoms in total. The lowest BCUT2D eigenvalue weighted by Gasteiger charge is -2.23. The molecule has 1 aliphatic heterocycles. The largest absolute Gasteiger partial charge is 0.473 e. The van der Waals surface area contributed by atoms with Crippen LogP contribution in [-0.4, -0.2) is 45.9 Å². The third-order valence-corrected chi connectivity index (χ3v) is 5.96. The van der Waals surface area contributed by atoms with E-state index in [2.05, 4.69) is 23.1 Å². The number of fused-ring (bicyclic) bond motifs is 1. The van der Waals surface area contributed by atoms with Crippen LogP contribution < -0.4 is 10.1 Å². The Morgan fingerprint density at radius 1 is 1.39 bits per heavy atom. The Morgan fingerprint density at radius 3 is 2.87 bits per heavy atom. The van der Waals surface area contributed by atoms with Crippen molar-refractivity contribution in [2.45, 2.75) is 45.4 Å². The highest BCUT2D eigenvalue weighted by molar-refractivity contribution is 6.35. The van der Waals surface area contributed by atoms with Crippen molar-refractivity contribution < 1.29 is 9.47 Å². The van der Waals surface area contributed by atoms with Crippen LogP contribution in [0.25, 0.3) is 28.1 Å². The van der Waals surface area contributed by atoms with Gasteiger partial charge in [-0.1, -0.05) is 18.2 Å². The van der Waals surface area contributed by atoms with E-state index in [1.54, 1.807) is 10.8 Å². The Hall–Kier alpha value is -2.35. The number of aryl methyl sites for hydroxylation is 2. The van der Waals surface area contributed by atoms with Crippen LogP contribution in [0, 0.1) is 6.92 Å². The Kier molecular flexibility index (Phi) is 6.36. The van der Waals surface area contributed by atoms with E-state index in [9.17, 15) is 0 Å². The van der Waals surface area contributed by atoms with Crippen molar-refractivity contribution in [3.05, 3.63) is 35.1 Å². The van der Waals surface area contributed by atoms with Crippen molar-refractivity contribution in [2.75, 3.05) is 20.2 Å². The highest BCUT2D eigenvalue weighted by atomic mass is 35.5. The lowest BCUT2D eigenvalue weighted by Crippen LogP contribution is -2.27. The summed E-state index contributed by atoms with van der Waals surface area (Å²) in [4.78, 5) is 0. The molecule has 4 rings (SSSR count). The zero-order valence-corrected chi connectivity index (χ0v) is 19.4. The summed E-state index contributed by atoms with van der Waals surface area (Å²) in [5.74, 6) is 0.721. The van der Waals surface area contributed by atoms with Crippen molar-refractivity contribution in [3.63, 3.8) is 0 Å². The van der Waals surface area contributed by atoms with Crippen LogP contribution >= 0.6 is 11.6 Å². The maximum atomic E-state index is 6.85. The van der Waals surface area contributed by atoms with E-state index in [1.807, 2.05) is 38.7 Å². The number of hydrogen-bond donors (Lipinski definition) is 1. The van der Waals surface area contributed by atoms with Gasteiger partial charge in [0.15, 0.2) is 6.23 Å². The molecule has 0 spiro atoms. The standard InChI is InChI=1S/C23H30ClN5O2/c1-6-19-17-11-16(21-15(3)26-28(5)23(21)31-14(2)13-25-4)12-18(24)22(17)29(27-19)20-9-7-8-10-30-20/h6,11-12,14,20,25H,1,7-10,13H2,2-5H3/t14-,20?/m0/s1. The van der Waals surface area contributed by atoms with Crippen LogP contribution in [0.4, 0.5) is 0 Å². The fourth-order valence-electron chi connectivity index (χ4n) is 4.29. The minimum atomic E-state index is -0.102. The number of hydrogen-bond acceptors (Lipinski definition) is 5. The van der Waals surface area contributed by atoms with E-state index < -0.39 is 0 Å². The number of nitrogens with zero attached hydrogens (tertiary/aromatic N) is 4. The summed E-state index contributed by atoms with van der Waals surface area (Å²) in [7, 11) is 3.80. The highest BCUT2D eigenvalue weighted by Crippen LogP contribution is 2.40. The van der Waals surface area contributed by atoms with E-state index in [1.165, 1.54) is 0 Å². The van der Waals surface area contributed by atoms with Crippen molar-refractivity contribution in [1.29, 1.82) is 0 Å². The minimum Gasteiger partial charge on any atom is -0.473 e. The molecule has 31 heavy (non-hydrogen) atoms. The number of likely N-dealkylation sites (N-methyl/N-ethyl adjacent to an activating group) is 1. The monoisotopic (exact) mass is 443 g/mol. The number of benzene rings is 1. The summed E-state index contributed by atoms with van der Waals surface area (Å²) in [5, 5.41) is 14.1. The molecule has 0 bridgehead atoms. The van der Waals surface area contributed by atoms with Gasteiger partial charge in [-0.2, -0.15) is 10.2 Å². The van der Waals surface area contributed by atoms with E-state index in [4.69, 9.17) is 26.2 Å². The predicted octanol–water partition coefficient (Wildman–Crippen LogP) is 4.73. The number of rotatable bonds is 7. The molecule has 2 atom stereocenters. The fraction of sp³-hybridized carbons (Fsp3) is 0.478. The van der Waals surface area contributed by atoms with Crippen LogP contribution in [0.15, 0.2) is 18.7 Å². The van der Waals surface area contributed by atoms with Gasteiger partial charge in [0.2, 0.25) is 5.88 Å². The maximum Gasteiger partial charge on any atom is 0.220 e. The van der Waals surface area contributed by atoms with Gasteiger partial charge in [-0.05, 0) is 63.9 Å². The van der Waals surface area contributed by atoms with Gasteiger partial charge in [0.05, 0.1) is 27.5 Å². The van der Waals surface area contributed by atoms with Crippen molar-refractivity contribution in [1.82, 2.24) is 24.9 Å². The third kappa shape index (κ3) is 4.10. The molecule has 2 aromatic heterocycles. The average Bonchev–Trinajstić information content (AvgIpc) is 3.26. The summed E-state index contributed by atoms with van der Waals surface area (Å²) in [6, 6.07) is 4.07. The molecule has 0 amide bonds. The lowest BCUT2D eigenvalue weighted by atomic mass is 10.0. The summed E-state index contributed by atoms with van der Waals surface area (Å²) in [5.41, 5.74) is 4.43. The molecular formula is C23H30ClN5O2. The first kappa shape index (κ1) is 21.9. The Bertz CT molecular complexity index is 1100. The zero-order valence-electron chi connectivity index (χ0n) is 18.6. The van der Waals surface area contributed by atoms with Crippen molar-refractivity contribution in [2.24, 2.45) is 7.05 Å². The Labute approximate surface area is 188 Å². The topological polar surface area (TPSA) is 66.1 Å². The first-order valence-electron chi connectivity index (χ1n) is 10.8. The Morgan fingerprint density at radius 2 is 2.19 bits per heavy atom. The predicted molar refractivity (Wildman–Crippen MR) is 125 cm³/mol. The molecule has 3 heterocycles. The van der Waals surface area contributed by atoms with Gasteiger partial charge in [-0.25, -0.2) is 9.36 Å². The molecule has 3 aromatic rings. The molecule has 1 unspecified atom stereocenters. The molecule has 0 saturated carbocycles. The smallest absolute Gasteiger partial charge is 0.220 e. The second-order valence-electron chi connectivity index (χ2n) is 8.08. The number of nitrogens with one attached hydrogen (secondary N) is 1. The minimum absolute atomic E-state index is 0.00677. The SMILES string of the molecule is C=Cc1nn(C2CCCCO2)c2c(Cl)cc(-c3c(C)nn(C)c3O[C@@H](C)CNC)cc12. The first-order valence-corrected chi connectivity index (χ1v) is 11.1. The van der Waals surface area contributed by atoms with Crippen LogP contribution in [0.3, 0.4) is 0 Å². The van der Waals surface area contributed by atoms with Crippen molar-refractivity contribution in [3.8, 4) is 17.0 Å². The second-order valence-corrected chi connectivity index (χ2v) is 8.49. The summed E-state index contributed by atoms with van der Waals surface area (Å²) < 4.78 is 15.9. The maximum absolute atomic E-state index is 6.85. The number of ether oxygens (including phenoxy) is 2. The Balaban J connectivity index is 1.84. The van der Waals surface area contributed by atoms with Gasteiger partial charge in [0.25, 0.3) is 0 Å². The molecule has 1 fully saturated rings. The molecule has 8 heteroatoms. The molecule has 0 radical (unpaired) electrons. The van der Waals surface area contributed by atoms with Crippen molar-refractivity contribution >= 4 is 28.6 Å². The molecule has 1 aromatic carbocycles. The third-order valence-electron chi connectivity index (χ3n) is 5.67. The lowest BCUT2D eigenvalue weighted by molar-refractivity contribution is -0.0367. The number of halogens is 1. The highest BCUT2D eigenvalue weighted by Gasteiger charge is 2.25. The van der Waals surface area contributed by atoms with E-state index in [0.717, 1.165) is 71.7 Å². The molecule has 1 saturated heterocycles. The molecular weight excluding hydrogens is 414 g/mol. The fourth-order valence-corrected chi connectivity index (χ4v) is 4.60. The molecule has 0 aliphatic carbocycles. The van der Waals surface area contributed by atoms with Gasteiger partial charge in [0, 0.05) is 25.6 Å². The van der Waals surface area contributed by atoms with Crippen LogP contribution in [-0.2, 0) is 11.8 Å². The van der Waals surface area contributed by atoms with Gasteiger partial charge < -0.3 is 14.8 Å². The molecule has 1 N–H and O–H groups in total.